The van der Waals surface area contributed by atoms with Crippen LogP contribution in [0.2, 0.25) is 0 Å². The SMILES string of the molecule is CC(C)C=N[S@@](=O)c1ccc(Br)cc1. The molecular formula is C10H12BrNOS. The maximum Gasteiger partial charge on any atom is 0.172 e. The van der Waals surface area contributed by atoms with Crippen LogP contribution in [0, 0.1) is 5.92 Å². The molecule has 1 rings (SSSR count). The van der Waals surface area contributed by atoms with Crippen LogP contribution >= 0.6 is 15.9 Å². The van der Waals surface area contributed by atoms with E-state index in [1.54, 1.807) is 18.3 Å². The van der Waals surface area contributed by atoms with E-state index in [-0.39, 0.29) is 0 Å². The fourth-order valence-corrected chi connectivity index (χ4v) is 1.90. The molecule has 0 aliphatic carbocycles. The number of benzene rings is 1. The molecule has 0 spiro atoms. The summed E-state index contributed by atoms with van der Waals surface area (Å²) in [6.45, 7) is 4.00. The summed E-state index contributed by atoms with van der Waals surface area (Å²) in [5.41, 5.74) is 0. The van der Waals surface area contributed by atoms with Gasteiger partial charge in [0.15, 0.2) is 11.0 Å². The van der Waals surface area contributed by atoms with E-state index < -0.39 is 11.0 Å². The Morgan fingerprint density at radius 3 is 2.43 bits per heavy atom. The van der Waals surface area contributed by atoms with Gasteiger partial charge in [-0.2, -0.15) is 4.40 Å². The van der Waals surface area contributed by atoms with Gasteiger partial charge in [-0.1, -0.05) is 29.8 Å². The zero-order valence-corrected chi connectivity index (χ0v) is 10.5. The van der Waals surface area contributed by atoms with Gasteiger partial charge in [0.05, 0.1) is 4.90 Å². The monoisotopic (exact) mass is 273 g/mol. The molecule has 0 fully saturated rings. The molecule has 0 saturated carbocycles. The lowest BCUT2D eigenvalue weighted by molar-refractivity contribution is 0.684. The Morgan fingerprint density at radius 1 is 1.36 bits per heavy atom. The van der Waals surface area contributed by atoms with Gasteiger partial charge in [-0.05, 0) is 30.2 Å². The number of hydrogen-bond acceptors (Lipinski definition) is 1. The molecule has 0 radical (unpaired) electrons. The topological polar surface area (TPSA) is 29.4 Å². The molecule has 76 valence electrons. The maximum absolute atomic E-state index is 11.6. The van der Waals surface area contributed by atoms with Crippen LogP contribution in [0.4, 0.5) is 0 Å². The molecule has 0 bridgehead atoms. The van der Waals surface area contributed by atoms with E-state index in [0.29, 0.717) is 5.92 Å². The van der Waals surface area contributed by atoms with Crippen molar-refractivity contribution in [2.24, 2.45) is 10.3 Å². The standard InChI is InChI=1S/C10H12BrNOS/c1-8(2)7-12-14(13)10-5-3-9(11)4-6-10/h3-8H,1-2H3/t14-/m0/s1. The maximum atomic E-state index is 11.6. The summed E-state index contributed by atoms with van der Waals surface area (Å²) in [5, 5.41) is 0. The molecule has 2 nitrogen and oxygen atoms in total. The van der Waals surface area contributed by atoms with Crippen molar-refractivity contribution in [3.63, 3.8) is 0 Å². The van der Waals surface area contributed by atoms with Crippen molar-refractivity contribution >= 4 is 33.1 Å². The minimum absolute atomic E-state index is 0.328. The highest BCUT2D eigenvalue weighted by Gasteiger charge is 2.00. The van der Waals surface area contributed by atoms with E-state index in [9.17, 15) is 4.21 Å². The summed E-state index contributed by atoms with van der Waals surface area (Å²) in [5.74, 6) is 0.328. The summed E-state index contributed by atoms with van der Waals surface area (Å²) < 4.78 is 16.5. The van der Waals surface area contributed by atoms with Crippen molar-refractivity contribution in [3.8, 4) is 0 Å². The molecule has 0 saturated heterocycles. The highest BCUT2D eigenvalue weighted by atomic mass is 79.9. The van der Waals surface area contributed by atoms with Gasteiger partial charge in [0, 0.05) is 10.7 Å². The van der Waals surface area contributed by atoms with Crippen LogP contribution in [0.1, 0.15) is 13.8 Å². The van der Waals surface area contributed by atoms with Gasteiger partial charge in [-0.15, -0.1) is 0 Å². The first-order chi connectivity index (χ1) is 6.59. The third-order valence-corrected chi connectivity index (χ3v) is 2.99. The van der Waals surface area contributed by atoms with Crippen molar-refractivity contribution in [1.29, 1.82) is 0 Å². The van der Waals surface area contributed by atoms with E-state index >= 15 is 0 Å². The van der Waals surface area contributed by atoms with Crippen LogP contribution in [0.25, 0.3) is 0 Å². The van der Waals surface area contributed by atoms with Gasteiger partial charge >= 0.3 is 0 Å². The average Bonchev–Trinajstić information content (AvgIpc) is 2.15. The molecule has 0 aliphatic heterocycles. The third-order valence-electron chi connectivity index (χ3n) is 1.47. The summed E-state index contributed by atoms with van der Waals surface area (Å²) >= 11 is 3.32. The first kappa shape index (κ1) is 11.6. The Balaban J connectivity index is 2.75. The number of hydrogen-bond donors (Lipinski definition) is 0. The lowest BCUT2D eigenvalue weighted by Gasteiger charge is -1.97. The molecule has 4 heteroatoms. The third kappa shape index (κ3) is 3.72. The van der Waals surface area contributed by atoms with Crippen molar-refractivity contribution in [3.05, 3.63) is 28.7 Å². The molecule has 0 aliphatic rings. The highest BCUT2D eigenvalue weighted by Crippen LogP contribution is 2.13. The summed E-state index contributed by atoms with van der Waals surface area (Å²) in [4.78, 5) is 0.727. The van der Waals surface area contributed by atoms with Crippen molar-refractivity contribution in [2.45, 2.75) is 18.7 Å². The van der Waals surface area contributed by atoms with E-state index in [1.165, 1.54) is 0 Å². The summed E-state index contributed by atoms with van der Waals surface area (Å²) in [6.07, 6.45) is 1.71. The minimum atomic E-state index is -1.26. The van der Waals surface area contributed by atoms with E-state index in [0.717, 1.165) is 9.37 Å². The quantitative estimate of drug-likeness (QED) is 0.778. The number of halogens is 1. The lowest BCUT2D eigenvalue weighted by atomic mass is 10.3. The molecule has 0 amide bonds. The molecular weight excluding hydrogens is 262 g/mol. The second kappa shape index (κ2) is 5.41. The first-order valence-corrected chi connectivity index (χ1v) is 6.21. The lowest BCUT2D eigenvalue weighted by Crippen LogP contribution is -1.92. The molecule has 14 heavy (non-hydrogen) atoms. The van der Waals surface area contributed by atoms with E-state index in [1.807, 2.05) is 26.0 Å². The zero-order valence-electron chi connectivity index (χ0n) is 8.11. The van der Waals surface area contributed by atoms with E-state index in [2.05, 4.69) is 20.3 Å². The normalized spacial score (nSPS) is 13.7. The van der Waals surface area contributed by atoms with Gasteiger partial charge in [-0.3, -0.25) is 0 Å². The summed E-state index contributed by atoms with van der Waals surface area (Å²) in [6, 6.07) is 7.33. The molecule has 1 atom stereocenters. The van der Waals surface area contributed by atoms with Gasteiger partial charge in [0.2, 0.25) is 0 Å². The van der Waals surface area contributed by atoms with Gasteiger partial charge in [0.1, 0.15) is 0 Å². The minimum Gasteiger partial charge on any atom is -0.230 e. The van der Waals surface area contributed by atoms with Crippen LogP contribution in [0.5, 0.6) is 0 Å². The Hall–Kier alpha value is -0.480. The smallest absolute Gasteiger partial charge is 0.172 e. The Labute approximate surface area is 95.2 Å². The van der Waals surface area contributed by atoms with Crippen molar-refractivity contribution < 1.29 is 4.21 Å². The predicted molar refractivity (Wildman–Crippen MR) is 63.9 cm³/mol. The van der Waals surface area contributed by atoms with E-state index in [4.69, 9.17) is 0 Å². The van der Waals surface area contributed by atoms with Crippen LogP contribution < -0.4 is 0 Å². The van der Waals surface area contributed by atoms with Crippen LogP contribution in [-0.2, 0) is 11.0 Å². The van der Waals surface area contributed by atoms with Crippen molar-refractivity contribution in [1.82, 2.24) is 0 Å². The van der Waals surface area contributed by atoms with Gasteiger partial charge < -0.3 is 0 Å². The second-order valence-electron chi connectivity index (χ2n) is 3.20. The fourth-order valence-electron chi connectivity index (χ4n) is 0.789. The molecule has 0 unspecified atom stereocenters. The largest absolute Gasteiger partial charge is 0.230 e. The molecule has 1 aromatic rings. The van der Waals surface area contributed by atoms with Gasteiger partial charge in [0.25, 0.3) is 0 Å². The molecule has 0 heterocycles. The Morgan fingerprint density at radius 2 is 1.93 bits per heavy atom. The second-order valence-corrected chi connectivity index (χ2v) is 5.30. The summed E-state index contributed by atoms with van der Waals surface area (Å²) in [7, 11) is -1.26. The number of nitrogens with zero attached hydrogens (tertiary/aromatic N) is 1. The zero-order chi connectivity index (χ0) is 10.6. The van der Waals surface area contributed by atoms with Crippen molar-refractivity contribution in [2.75, 3.05) is 0 Å². The Kier molecular flexibility index (Phi) is 4.48. The van der Waals surface area contributed by atoms with Crippen LogP contribution in [0.3, 0.4) is 0 Å². The molecule has 1 aromatic carbocycles. The van der Waals surface area contributed by atoms with Crippen LogP contribution in [0.15, 0.2) is 38.0 Å². The highest BCUT2D eigenvalue weighted by molar-refractivity contribution is 9.10. The van der Waals surface area contributed by atoms with Crippen LogP contribution in [-0.4, -0.2) is 10.4 Å². The average molecular weight is 274 g/mol. The fraction of sp³-hybridized carbons (Fsp3) is 0.300. The molecule has 0 aromatic heterocycles. The predicted octanol–water partition coefficient (Wildman–Crippen LogP) is 3.20. The molecule has 0 N–H and O–H groups in total. The number of rotatable bonds is 3. The Bertz CT molecular complexity index is 346. The van der Waals surface area contributed by atoms with Gasteiger partial charge in [-0.25, -0.2) is 4.21 Å². The first-order valence-electron chi connectivity index (χ1n) is 4.31.